The van der Waals surface area contributed by atoms with E-state index in [1.54, 1.807) is 36.6 Å². The average molecular weight is 609 g/mol. The Morgan fingerprint density at radius 2 is 1.84 bits per heavy atom. The van der Waals surface area contributed by atoms with Crippen LogP contribution in [0.5, 0.6) is 5.75 Å². The zero-order chi connectivity index (χ0) is 32.0. The van der Waals surface area contributed by atoms with Crippen LogP contribution in [0.4, 0.5) is 9.18 Å². The van der Waals surface area contributed by atoms with Crippen LogP contribution in [0, 0.1) is 11.7 Å². The summed E-state index contributed by atoms with van der Waals surface area (Å²) in [4.78, 5) is 57.9. The second kappa shape index (κ2) is 13.9. The van der Waals surface area contributed by atoms with Crippen molar-refractivity contribution in [3.63, 3.8) is 0 Å². The predicted molar refractivity (Wildman–Crippen MR) is 162 cm³/mol. The first-order valence-corrected chi connectivity index (χ1v) is 14.8. The molecule has 2 aromatic rings. The third kappa shape index (κ3) is 8.58. The highest BCUT2D eigenvalue weighted by atomic mass is 19.1. The Kier molecular flexibility index (Phi) is 10.3. The van der Waals surface area contributed by atoms with Gasteiger partial charge in [0.1, 0.15) is 23.2 Å². The predicted octanol–water partition coefficient (Wildman–Crippen LogP) is 3.63. The van der Waals surface area contributed by atoms with Gasteiger partial charge in [0, 0.05) is 51.3 Å². The summed E-state index contributed by atoms with van der Waals surface area (Å²) in [6.07, 6.45) is 1.05. The fourth-order valence-corrected chi connectivity index (χ4v) is 5.66. The van der Waals surface area contributed by atoms with Crippen molar-refractivity contribution >= 4 is 23.8 Å². The average Bonchev–Trinajstić information content (AvgIpc) is 3.30. The summed E-state index contributed by atoms with van der Waals surface area (Å²) in [5.74, 6) is -2.39. The number of piperazine rings is 1. The van der Waals surface area contributed by atoms with E-state index >= 15 is 0 Å². The van der Waals surface area contributed by atoms with E-state index in [1.807, 2.05) is 30.3 Å². The maximum absolute atomic E-state index is 14.2. The van der Waals surface area contributed by atoms with Crippen molar-refractivity contribution in [2.24, 2.45) is 5.92 Å². The van der Waals surface area contributed by atoms with Gasteiger partial charge < -0.3 is 25.0 Å². The number of aromatic hydroxyl groups is 1. The largest absolute Gasteiger partial charge is 0.508 e. The molecule has 0 aliphatic carbocycles. The number of benzene rings is 2. The fourth-order valence-electron chi connectivity index (χ4n) is 5.66. The zero-order valence-corrected chi connectivity index (χ0v) is 25.5. The van der Waals surface area contributed by atoms with Crippen molar-refractivity contribution in [1.29, 1.82) is 0 Å². The van der Waals surface area contributed by atoms with E-state index in [0.717, 1.165) is 11.6 Å². The highest BCUT2D eigenvalue weighted by Gasteiger charge is 2.42. The number of hydrogen-bond acceptors (Lipinski definition) is 6. The number of phenolic OH excluding ortho intramolecular Hbond substituents is 1. The van der Waals surface area contributed by atoms with E-state index in [0.29, 0.717) is 25.2 Å². The molecule has 2 heterocycles. The number of ether oxygens (including phenoxy) is 1. The lowest BCUT2D eigenvalue weighted by Crippen LogP contribution is -2.60. The van der Waals surface area contributed by atoms with Crippen molar-refractivity contribution in [3.05, 3.63) is 78.1 Å². The molecule has 44 heavy (non-hydrogen) atoms. The van der Waals surface area contributed by atoms with Gasteiger partial charge in [-0.1, -0.05) is 36.4 Å². The van der Waals surface area contributed by atoms with Crippen LogP contribution in [0.2, 0.25) is 0 Å². The summed E-state index contributed by atoms with van der Waals surface area (Å²) in [7, 11) is 0. The molecule has 0 spiro atoms. The molecule has 11 heteroatoms. The molecule has 2 N–H and O–H groups in total. The smallest absolute Gasteiger partial charge is 0.411 e. The molecule has 2 aromatic carbocycles. The Balaban J connectivity index is 1.62. The molecule has 10 nitrogen and oxygen atoms in total. The number of nitrogens with one attached hydrogen (secondary N) is 1. The van der Waals surface area contributed by atoms with E-state index in [1.165, 1.54) is 17.0 Å². The van der Waals surface area contributed by atoms with Gasteiger partial charge in [-0.05, 0) is 56.9 Å². The van der Waals surface area contributed by atoms with Crippen LogP contribution in [0.25, 0.3) is 0 Å². The standard InChI is InChI=1S/C33H41FN4O6/c1-5-11-36-21-24(17-29(36)40)30(41)35-26(15-23-14-25(34)18-27(39)16-23)19-28-31(42)37(20-22-9-7-6-8-10-22)12-13-38(28)32(43)44-33(2,3)4/h5-10,14,16,18,24,26,28,39H,1,11-13,15,17,19-21H2,2-4H3,(H,35,41)/t24?,26-,28-/m0/s1. The Morgan fingerprint density at radius 3 is 2.50 bits per heavy atom. The Bertz CT molecular complexity index is 1360. The van der Waals surface area contributed by atoms with Crippen LogP contribution < -0.4 is 5.32 Å². The van der Waals surface area contributed by atoms with E-state index in [2.05, 4.69) is 11.9 Å². The van der Waals surface area contributed by atoms with Gasteiger partial charge in [-0.3, -0.25) is 19.3 Å². The molecule has 0 aromatic heterocycles. The minimum absolute atomic E-state index is 0.00339. The van der Waals surface area contributed by atoms with Crippen molar-refractivity contribution in [1.82, 2.24) is 20.0 Å². The number of likely N-dealkylation sites (tertiary alicyclic amines) is 1. The lowest BCUT2D eigenvalue weighted by molar-refractivity contribution is -0.143. The number of nitrogens with zero attached hydrogens (tertiary/aromatic N) is 3. The molecule has 2 aliphatic rings. The molecule has 236 valence electrons. The van der Waals surface area contributed by atoms with Crippen LogP contribution in [0.15, 0.2) is 61.2 Å². The van der Waals surface area contributed by atoms with Crippen LogP contribution in [-0.4, -0.2) is 87.5 Å². The molecular formula is C33H41FN4O6. The minimum Gasteiger partial charge on any atom is -0.508 e. The van der Waals surface area contributed by atoms with Crippen LogP contribution in [0.1, 0.15) is 44.7 Å². The van der Waals surface area contributed by atoms with Gasteiger partial charge in [-0.2, -0.15) is 0 Å². The van der Waals surface area contributed by atoms with E-state index in [-0.39, 0.29) is 55.8 Å². The Labute approximate surface area is 257 Å². The molecule has 0 radical (unpaired) electrons. The summed E-state index contributed by atoms with van der Waals surface area (Å²) in [6, 6.07) is 11.4. The third-order valence-corrected chi connectivity index (χ3v) is 7.64. The summed E-state index contributed by atoms with van der Waals surface area (Å²) in [5.41, 5.74) is 0.530. The lowest BCUT2D eigenvalue weighted by Gasteiger charge is -2.42. The SMILES string of the molecule is C=CCN1CC(C(=O)N[C@@H](Cc2cc(O)cc(F)c2)C[C@H]2C(=O)N(Cc3ccccc3)CCN2C(=O)OC(C)(C)C)CC1=O. The molecule has 0 bridgehead atoms. The molecule has 4 amide bonds. The summed E-state index contributed by atoms with van der Waals surface area (Å²) in [6.45, 7) is 10.3. The molecule has 2 fully saturated rings. The first-order chi connectivity index (χ1) is 20.8. The number of hydrogen-bond donors (Lipinski definition) is 2. The monoisotopic (exact) mass is 608 g/mol. The summed E-state index contributed by atoms with van der Waals surface area (Å²) < 4.78 is 19.9. The van der Waals surface area contributed by atoms with Gasteiger partial charge in [0.2, 0.25) is 17.7 Å². The van der Waals surface area contributed by atoms with E-state index < -0.39 is 35.5 Å². The topological polar surface area (TPSA) is 119 Å². The quantitative estimate of drug-likeness (QED) is 0.398. The van der Waals surface area contributed by atoms with E-state index in [9.17, 15) is 28.7 Å². The molecule has 2 aliphatic heterocycles. The van der Waals surface area contributed by atoms with Gasteiger partial charge >= 0.3 is 6.09 Å². The van der Waals surface area contributed by atoms with Gasteiger partial charge in [0.05, 0.1) is 5.92 Å². The maximum Gasteiger partial charge on any atom is 0.411 e. The normalized spacial score (nSPS) is 19.6. The first-order valence-electron chi connectivity index (χ1n) is 14.8. The summed E-state index contributed by atoms with van der Waals surface area (Å²) in [5, 5.41) is 13.0. The van der Waals surface area contributed by atoms with Crippen molar-refractivity contribution in [3.8, 4) is 5.75 Å². The molecule has 4 rings (SSSR count). The van der Waals surface area contributed by atoms with Gasteiger partial charge in [0.25, 0.3) is 0 Å². The van der Waals surface area contributed by atoms with Crippen molar-refractivity contribution < 1.29 is 33.4 Å². The number of amides is 4. The maximum atomic E-state index is 14.2. The molecular weight excluding hydrogens is 567 g/mol. The first kappa shape index (κ1) is 32.5. The van der Waals surface area contributed by atoms with Crippen LogP contribution >= 0.6 is 0 Å². The second-order valence-electron chi connectivity index (χ2n) is 12.4. The third-order valence-electron chi connectivity index (χ3n) is 7.64. The second-order valence-corrected chi connectivity index (χ2v) is 12.4. The number of carbonyl (C=O) groups is 4. The van der Waals surface area contributed by atoms with Crippen LogP contribution in [-0.2, 0) is 32.1 Å². The minimum atomic E-state index is -0.989. The van der Waals surface area contributed by atoms with E-state index in [4.69, 9.17) is 4.74 Å². The Hall–Kier alpha value is -4.41. The number of halogens is 1. The number of rotatable bonds is 10. The zero-order valence-electron chi connectivity index (χ0n) is 25.5. The molecule has 0 saturated carbocycles. The highest BCUT2D eigenvalue weighted by Crippen LogP contribution is 2.25. The van der Waals surface area contributed by atoms with Gasteiger partial charge in [-0.15, -0.1) is 6.58 Å². The van der Waals surface area contributed by atoms with Gasteiger partial charge in [-0.25, -0.2) is 9.18 Å². The van der Waals surface area contributed by atoms with Crippen molar-refractivity contribution in [2.75, 3.05) is 26.2 Å². The highest BCUT2D eigenvalue weighted by molar-refractivity contribution is 5.90. The molecule has 1 unspecified atom stereocenters. The van der Waals surface area contributed by atoms with Gasteiger partial charge in [0.15, 0.2) is 0 Å². The fraction of sp³-hybridized carbons (Fsp3) is 0.455. The summed E-state index contributed by atoms with van der Waals surface area (Å²) >= 11 is 0. The molecule has 2 saturated heterocycles. The lowest BCUT2D eigenvalue weighted by atomic mass is 9.95. The van der Waals surface area contributed by atoms with Crippen molar-refractivity contribution in [2.45, 2.75) is 64.3 Å². The number of carbonyl (C=O) groups excluding carboxylic acids is 4. The van der Waals surface area contributed by atoms with Crippen LogP contribution in [0.3, 0.4) is 0 Å². The number of phenols is 1. The molecule has 3 atom stereocenters. The Morgan fingerprint density at radius 1 is 1.11 bits per heavy atom.